The minimum atomic E-state index is -0.940. The van der Waals surface area contributed by atoms with E-state index < -0.39 is 5.97 Å². The van der Waals surface area contributed by atoms with Gasteiger partial charge in [0.05, 0.1) is 12.2 Å². The quantitative estimate of drug-likeness (QED) is 0.654. The number of aliphatic carboxylic acids is 1. The molecule has 0 spiro atoms. The van der Waals surface area contributed by atoms with Gasteiger partial charge in [-0.15, -0.1) is 0 Å². The summed E-state index contributed by atoms with van der Waals surface area (Å²) in [5.41, 5.74) is 1.75. The average molecular weight is 385 g/mol. The Kier molecular flexibility index (Phi) is 5.91. The Bertz CT molecular complexity index is 942. The van der Waals surface area contributed by atoms with Crippen molar-refractivity contribution in [2.24, 2.45) is 0 Å². The minimum Gasteiger partial charge on any atom is -0.481 e. The first-order valence-corrected chi connectivity index (χ1v) is 9.39. The van der Waals surface area contributed by atoms with E-state index in [2.05, 4.69) is 9.97 Å². The third-order valence-electron chi connectivity index (χ3n) is 3.96. The number of carbonyl (C=O) groups is 1. The zero-order valence-electron chi connectivity index (χ0n) is 15.1. The number of nitrogens with zero attached hydrogens (tertiary/aromatic N) is 3. The third kappa shape index (κ3) is 4.74. The lowest BCUT2D eigenvalue weighted by molar-refractivity contribution is -0.136. The Balaban J connectivity index is 2.09. The maximum absolute atomic E-state index is 13.6. The summed E-state index contributed by atoms with van der Waals surface area (Å²) in [5, 5.41) is 10.1. The second kappa shape index (κ2) is 8.35. The molecular formula is C20H20FN3O2S. The number of carboxylic acids is 1. The fraction of sp³-hybridized carbons (Fsp3) is 0.250. The van der Waals surface area contributed by atoms with Crippen LogP contribution in [0, 0.1) is 5.82 Å². The summed E-state index contributed by atoms with van der Waals surface area (Å²) in [7, 11) is 0. The Morgan fingerprint density at radius 3 is 2.74 bits per heavy atom. The van der Waals surface area contributed by atoms with Crippen LogP contribution >= 0.6 is 11.8 Å². The first-order chi connectivity index (χ1) is 12.9. The molecule has 0 unspecified atom stereocenters. The van der Waals surface area contributed by atoms with Crippen molar-refractivity contribution in [3.8, 4) is 0 Å². The van der Waals surface area contributed by atoms with Gasteiger partial charge in [0, 0.05) is 17.3 Å². The fourth-order valence-corrected chi connectivity index (χ4v) is 3.94. The van der Waals surface area contributed by atoms with E-state index in [1.807, 2.05) is 36.6 Å². The molecule has 0 saturated heterocycles. The molecular weight excluding hydrogens is 365 g/mol. The van der Waals surface area contributed by atoms with Gasteiger partial charge in [-0.1, -0.05) is 37.7 Å². The topological polar surface area (TPSA) is 68.0 Å². The minimum absolute atomic E-state index is 0.101. The molecule has 3 rings (SSSR count). The second-order valence-electron chi connectivity index (χ2n) is 6.45. The zero-order valence-corrected chi connectivity index (χ0v) is 15.9. The van der Waals surface area contributed by atoms with E-state index in [-0.39, 0.29) is 18.2 Å². The normalized spacial score (nSPS) is 11.1. The van der Waals surface area contributed by atoms with Crippen LogP contribution in [0.2, 0.25) is 0 Å². The number of aromatic nitrogens is 3. The van der Waals surface area contributed by atoms with E-state index in [9.17, 15) is 14.3 Å². The van der Waals surface area contributed by atoms with Gasteiger partial charge in [0.25, 0.3) is 0 Å². The Labute approximate surface area is 161 Å². The molecule has 0 aliphatic carbocycles. The molecule has 5 nitrogen and oxygen atoms in total. The molecule has 1 N–H and O–H groups in total. The predicted molar refractivity (Wildman–Crippen MR) is 102 cm³/mol. The van der Waals surface area contributed by atoms with Gasteiger partial charge in [-0.2, -0.15) is 0 Å². The highest BCUT2D eigenvalue weighted by molar-refractivity contribution is 7.99. The molecule has 0 amide bonds. The van der Waals surface area contributed by atoms with Crippen LogP contribution in [0.15, 0.2) is 58.7 Å². The van der Waals surface area contributed by atoms with Crippen molar-refractivity contribution in [2.75, 3.05) is 0 Å². The van der Waals surface area contributed by atoms with E-state index in [0.29, 0.717) is 12.4 Å². The first kappa shape index (κ1) is 19.1. The Morgan fingerprint density at radius 1 is 1.30 bits per heavy atom. The molecule has 0 bridgehead atoms. The number of pyridine rings is 1. The van der Waals surface area contributed by atoms with Crippen molar-refractivity contribution in [1.29, 1.82) is 0 Å². The standard InChI is InChI=1S/C20H20FN3O2S/c1-13(2)19-20(27-16-7-3-6-15(21)9-16)24(17(23-19)10-18(25)26)12-14-5-4-8-22-11-14/h3-9,11,13H,10,12H2,1-2H3,(H,25,26). The molecule has 0 aliphatic heterocycles. The number of imidazole rings is 1. The van der Waals surface area contributed by atoms with Crippen molar-refractivity contribution >= 4 is 17.7 Å². The maximum atomic E-state index is 13.6. The van der Waals surface area contributed by atoms with Gasteiger partial charge in [-0.25, -0.2) is 9.37 Å². The van der Waals surface area contributed by atoms with Crippen molar-refractivity contribution in [2.45, 2.75) is 42.7 Å². The van der Waals surface area contributed by atoms with Crippen LogP contribution in [-0.4, -0.2) is 25.6 Å². The second-order valence-corrected chi connectivity index (χ2v) is 7.51. The van der Waals surface area contributed by atoms with Crippen LogP contribution in [-0.2, 0) is 17.8 Å². The fourth-order valence-electron chi connectivity index (χ4n) is 2.74. The Morgan fingerprint density at radius 2 is 2.11 bits per heavy atom. The largest absolute Gasteiger partial charge is 0.481 e. The molecule has 0 fully saturated rings. The van der Waals surface area contributed by atoms with Crippen LogP contribution in [0.1, 0.15) is 36.8 Å². The van der Waals surface area contributed by atoms with Gasteiger partial charge in [0.15, 0.2) is 0 Å². The number of carboxylic acid groups (broad SMARTS) is 1. The highest BCUT2D eigenvalue weighted by Crippen LogP contribution is 2.35. The number of halogens is 1. The SMILES string of the molecule is CC(C)c1nc(CC(=O)O)n(Cc2cccnc2)c1Sc1cccc(F)c1. The molecule has 3 aromatic rings. The average Bonchev–Trinajstić information content (AvgIpc) is 2.93. The molecule has 0 atom stereocenters. The van der Waals surface area contributed by atoms with Crippen LogP contribution in [0.5, 0.6) is 0 Å². The predicted octanol–water partition coefficient (Wildman–Crippen LogP) is 4.37. The lowest BCUT2D eigenvalue weighted by Crippen LogP contribution is -2.11. The maximum Gasteiger partial charge on any atom is 0.311 e. The summed E-state index contributed by atoms with van der Waals surface area (Å²) < 4.78 is 15.5. The summed E-state index contributed by atoms with van der Waals surface area (Å²) in [6, 6.07) is 10.1. The van der Waals surface area contributed by atoms with Gasteiger partial charge in [-0.3, -0.25) is 9.78 Å². The molecule has 1 aromatic carbocycles. The summed E-state index contributed by atoms with van der Waals surface area (Å²) in [4.78, 5) is 20.8. The molecule has 0 saturated carbocycles. The van der Waals surface area contributed by atoms with Crippen molar-refractivity contribution in [3.05, 3.63) is 71.7 Å². The molecule has 2 aromatic heterocycles. The van der Waals surface area contributed by atoms with E-state index >= 15 is 0 Å². The third-order valence-corrected chi connectivity index (χ3v) is 5.07. The van der Waals surface area contributed by atoms with Crippen LogP contribution in [0.4, 0.5) is 4.39 Å². The first-order valence-electron chi connectivity index (χ1n) is 8.57. The van der Waals surface area contributed by atoms with Crippen molar-refractivity contribution < 1.29 is 14.3 Å². The summed E-state index contributed by atoms with van der Waals surface area (Å²) in [6.45, 7) is 4.47. The zero-order chi connectivity index (χ0) is 19.4. The van der Waals surface area contributed by atoms with Crippen LogP contribution in [0.25, 0.3) is 0 Å². The lowest BCUT2D eigenvalue weighted by atomic mass is 10.1. The van der Waals surface area contributed by atoms with E-state index in [4.69, 9.17) is 0 Å². The molecule has 2 heterocycles. The molecule has 0 aliphatic rings. The number of benzene rings is 1. The van der Waals surface area contributed by atoms with Gasteiger partial charge >= 0.3 is 5.97 Å². The molecule has 140 valence electrons. The van der Waals surface area contributed by atoms with Gasteiger partial charge in [-0.05, 0) is 35.7 Å². The molecule has 7 heteroatoms. The van der Waals surface area contributed by atoms with Crippen molar-refractivity contribution in [3.63, 3.8) is 0 Å². The van der Waals surface area contributed by atoms with E-state index in [1.165, 1.54) is 23.9 Å². The molecule has 0 radical (unpaired) electrons. The van der Waals surface area contributed by atoms with Gasteiger partial charge in [0.1, 0.15) is 23.1 Å². The smallest absolute Gasteiger partial charge is 0.311 e. The van der Waals surface area contributed by atoms with E-state index in [0.717, 1.165) is 21.2 Å². The Hall–Kier alpha value is -2.67. The highest BCUT2D eigenvalue weighted by Gasteiger charge is 2.22. The monoisotopic (exact) mass is 385 g/mol. The van der Waals surface area contributed by atoms with Crippen LogP contribution in [0.3, 0.4) is 0 Å². The number of hydrogen-bond acceptors (Lipinski definition) is 4. The van der Waals surface area contributed by atoms with Crippen molar-refractivity contribution in [1.82, 2.24) is 14.5 Å². The summed E-state index contributed by atoms with van der Waals surface area (Å²) in [5.74, 6) is -0.669. The van der Waals surface area contributed by atoms with E-state index in [1.54, 1.807) is 18.5 Å². The molecule has 27 heavy (non-hydrogen) atoms. The lowest BCUT2D eigenvalue weighted by Gasteiger charge is -2.13. The van der Waals surface area contributed by atoms with Gasteiger partial charge < -0.3 is 9.67 Å². The highest BCUT2D eigenvalue weighted by atomic mass is 32.2. The number of rotatable bonds is 7. The van der Waals surface area contributed by atoms with Gasteiger partial charge in [0.2, 0.25) is 0 Å². The summed E-state index contributed by atoms with van der Waals surface area (Å²) in [6.07, 6.45) is 3.26. The summed E-state index contributed by atoms with van der Waals surface area (Å²) >= 11 is 1.40. The number of hydrogen-bond donors (Lipinski definition) is 1. The van der Waals surface area contributed by atoms with Crippen LogP contribution < -0.4 is 0 Å².